The minimum Gasteiger partial charge on any atom is -0.462 e. The Balaban J connectivity index is 1.68. The maximum Gasteiger partial charge on any atom is 0.338 e. The van der Waals surface area contributed by atoms with Gasteiger partial charge in [-0.1, -0.05) is 0 Å². The van der Waals surface area contributed by atoms with E-state index in [1.165, 1.54) is 36.4 Å². The third kappa shape index (κ3) is 3.47. The monoisotopic (exact) mass is 411 g/mol. The molecule has 148 valence electrons. The maximum absolute atomic E-state index is 12.8. The van der Waals surface area contributed by atoms with E-state index in [0.717, 1.165) is 0 Å². The van der Waals surface area contributed by atoms with Gasteiger partial charge in [-0.3, -0.25) is 9.52 Å². The SMILES string of the molecule is CCOC(=O)c1ccc(NS(=O)(=O)c2ccc3[nH]c(=O)c4[nH]ccc4c3c2)cc1. The Morgan fingerprint density at radius 1 is 1.07 bits per heavy atom. The number of rotatable bonds is 5. The number of benzene rings is 2. The van der Waals surface area contributed by atoms with Crippen LogP contribution in [0.15, 0.2) is 64.4 Å². The average molecular weight is 411 g/mol. The number of anilines is 1. The minimum atomic E-state index is -3.88. The Morgan fingerprint density at radius 3 is 2.55 bits per heavy atom. The number of fused-ring (bicyclic) bond motifs is 3. The highest BCUT2D eigenvalue weighted by Crippen LogP contribution is 2.25. The van der Waals surface area contributed by atoms with Gasteiger partial charge in [0.05, 0.1) is 17.1 Å². The summed E-state index contributed by atoms with van der Waals surface area (Å²) in [7, 11) is -3.88. The number of esters is 1. The van der Waals surface area contributed by atoms with E-state index in [1.54, 1.807) is 25.3 Å². The van der Waals surface area contributed by atoms with Crippen LogP contribution < -0.4 is 10.3 Å². The Bertz CT molecular complexity index is 1390. The first-order valence-corrected chi connectivity index (χ1v) is 10.3. The standard InChI is InChI=1S/C20H17N3O5S/c1-2-28-20(25)12-3-5-13(6-4-12)23-29(26,27)14-7-8-17-16(11-14)15-9-10-21-18(15)19(24)22-17/h3-11,21,23H,2H2,1H3,(H,22,24). The lowest BCUT2D eigenvalue weighted by Gasteiger charge is -2.10. The molecule has 0 spiro atoms. The largest absolute Gasteiger partial charge is 0.462 e. The quantitative estimate of drug-likeness (QED) is 0.436. The van der Waals surface area contributed by atoms with Crippen molar-refractivity contribution in [3.63, 3.8) is 0 Å². The molecule has 0 aliphatic heterocycles. The van der Waals surface area contributed by atoms with Gasteiger partial charge in [-0.05, 0) is 55.5 Å². The second kappa shape index (κ2) is 7.10. The molecular formula is C20H17N3O5S. The van der Waals surface area contributed by atoms with Crippen molar-refractivity contribution in [1.82, 2.24) is 9.97 Å². The van der Waals surface area contributed by atoms with Gasteiger partial charge in [-0.25, -0.2) is 13.2 Å². The van der Waals surface area contributed by atoms with E-state index in [9.17, 15) is 18.0 Å². The van der Waals surface area contributed by atoms with Crippen LogP contribution in [0.4, 0.5) is 5.69 Å². The fourth-order valence-electron chi connectivity index (χ4n) is 3.09. The van der Waals surface area contributed by atoms with Gasteiger partial charge < -0.3 is 14.7 Å². The topological polar surface area (TPSA) is 121 Å². The van der Waals surface area contributed by atoms with Crippen molar-refractivity contribution in [3.05, 3.63) is 70.6 Å². The number of H-pyrrole nitrogens is 2. The second-order valence-electron chi connectivity index (χ2n) is 6.33. The van der Waals surface area contributed by atoms with Gasteiger partial charge in [0.25, 0.3) is 15.6 Å². The molecule has 9 heteroatoms. The van der Waals surface area contributed by atoms with Gasteiger partial charge >= 0.3 is 5.97 Å². The van der Waals surface area contributed by atoms with Crippen LogP contribution in [0, 0.1) is 0 Å². The van der Waals surface area contributed by atoms with Crippen LogP contribution in [-0.4, -0.2) is 31.0 Å². The molecule has 0 radical (unpaired) electrons. The Morgan fingerprint density at radius 2 is 1.83 bits per heavy atom. The molecule has 2 aromatic carbocycles. The van der Waals surface area contributed by atoms with Gasteiger partial charge in [-0.2, -0.15) is 0 Å². The summed E-state index contributed by atoms with van der Waals surface area (Å²) >= 11 is 0. The summed E-state index contributed by atoms with van der Waals surface area (Å²) in [5.74, 6) is -0.471. The number of hydrogen-bond acceptors (Lipinski definition) is 5. The minimum absolute atomic E-state index is 0.0500. The summed E-state index contributed by atoms with van der Waals surface area (Å²) in [5.41, 5.74) is 1.30. The number of pyridine rings is 1. The molecule has 0 saturated heterocycles. The van der Waals surface area contributed by atoms with Crippen LogP contribution in [0.5, 0.6) is 0 Å². The van der Waals surface area contributed by atoms with Gasteiger partial charge in [0.2, 0.25) is 0 Å². The third-order valence-electron chi connectivity index (χ3n) is 4.46. The highest BCUT2D eigenvalue weighted by molar-refractivity contribution is 7.92. The van der Waals surface area contributed by atoms with E-state index in [4.69, 9.17) is 4.74 Å². The molecule has 0 bridgehead atoms. The Kier molecular flexibility index (Phi) is 4.59. The molecule has 2 heterocycles. The van der Waals surface area contributed by atoms with Crippen molar-refractivity contribution >= 4 is 43.5 Å². The normalized spacial score (nSPS) is 11.6. The molecule has 0 aliphatic rings. The van der Waals surface area contributed by atoms with Crippen molar-refractivity contribution in [2.45, 2.75) is 11.8 Å². The van der Waals surface area contributed by atoms with Crippen LogP contribution in [0.1, 0.15) is 17.3 Å². The predicted molar refractivity (Wildman–Crippen MR) is 110 cm³/mol. The number of sulfonamides is 1. The molecule has 4 aromatic rings. The molecule has 0 atom stereocenters. The lowest BCUT2D eigenvalue weighted by atomic mass is 10.1. The van der Waals surface area contributed by atoms with Crippen LogP contribution >= 0.6 is 0 Å². The molecule has 2 aromatic heterocycles. The number of carbonyl (C=O) groups is 1. The zero-order chi connectivity index (χ0) is 20.6. The van der Waals surface area contributed by atoms with Crippen molar-refractivity contribution < 1.29 is 17.9 Å². The molecule has 0 saturated carbocycles. The molecule has 4 rings (SSSR count). The number of carbonyl (C=O) groups excluding carboxylic acids is 1. The van der Waals surface area contributed by atoms with Crippen molar-refractivity contribution in [2.24, 2.45) is 0 Å². The Labute approximate surface area is 165 Å². The molecule has 29 heavy (non-hydrogen) atoms. The second-order valence-corrected chi connectivity index (χ2v) is 8.01. The summed E-state index contributed by atoms with van der Waals surface area (Å²) in [5, 5.41) is 1.25. The molecule has 0 fully saturated rings. The highest BCUT2D eigenvalue weighted by atomic mass is 32.2. The summed E-state index contributed by atoms with van der Waals surface area (Å²) in [4.78, 5) is 29.4. The van der Waals surface area contributed by atoms with Gasteiger partial charge in [0, 0.05) is 28.2 Å². The first-order valence-electron chi connectivity index (χ1n) is 8.82. The summed E-state index contributed by atoms with van der Waals surface area (Å²) in [6.07, 6.45) is 1.63. The van der Waals surface area contributed by atoms with Crippen molar-refractivity contribution in [1.29, 1.82) is 0 Å². The number of hydrogen-bond donors (Lipinski definition) is 3. The number of aromatic amines is 2. The van der Waals surface area contributed by atoms with Crippen LogP contribution in [0.25, 0.3) is 21.8 Å². The molecule has 0 amide bonds. The fourth-order valence-corrected chi connectivity index (χ4v) is 4.18. The van der Waals surface area contributed by atoms with Crippen LogP contribution in [0.3, 0.4) is 0 Å². The zero-order valence-corrected chi connectivity index (χ0v) is 16.2. The van der Waals surface area contributed by atoms with E-state index in [1.807, 2.05) is 0 Å². The molecular weight excluding hydrogens is 394 g/mol. The number of nitrogens with one attached hydrogen (secondary N) is 3. The lowest BCUT2D eigenvalue weighted by Crippen LogP contribution is -2.13. The first-order chi connectivity index (χ1) is 13.9. The van der Waals surface area contributed by atoms with E-state index in [2.05, 4.69) is 14.7 Å². The van der Waals surface area contributed by atoms with E-state index < -0.39 is 16.0 Å². The van der Waals surface area contributed by atoms with Gasteiger partial charge in [0.1, 0.15) is 5.52 Å². The van der Waals surface area contributed by atoms with E-state index in [0.29, 0.717) is 33.1 Å². The molecule has 3 N–H and O–H groups in total. The van der Waals surface area contributed by atoms with E-state index in [-0.39, 0.29) is 17.1 Å². The van der Waals surface area contributed by atoms with E-state index >= 15 is 0 Å². The smallest absolute Gasteiger partial charge is 0.338 e. The van der Waals surface area contributed by atoms with Crippen molar-refractivity contribution in [2.75, 3.05) is 11.3 Å². The zero-order valence-electron chi connectivity index (χ0n) is 15.4. The number of aromatic nitrogens is 2. The van der Waals surface area contributed by atoms with Gasteiger partial charge in [0.15, 0.2) is 0 Å². The van der Waals surface area contributed by atoms with Gasteiger partial charge in [-0.15, -0.1) is 0 Å². The molecule has 0 aliphatic carbocycles. The molecule has 8 nitrogen and oxygen atoms in total. The van der Waals surface area contributed by atoms with Crippen LogP contribution in [-0.2, 0) is 14.8 Å². The molecule has 0 unspecified atom stereocenters. The number of ether oxygens (including phenoxy) is 1. The first kappa shape index (κ1) is 18.8. The maximum atomic E-state index is 12.8. The fraction of sp³-hybridized carbons (Fsp3) is 0.100. The predicted octanol–water partition coefficient (Wildman–Crippen LogP) is 2.99. The summed E-state index contributed by atoms with van der Waals surface area (Å²) < 4.78 is 33.1. The van der Waals surface area contributed by atoms with Crippen LogP contribution in [0.2, 0.25) is 0 Å². The highest BCUT2D eigenvalue weighted by Gasteiger charge is 2.17. The third-order valence-corrected chi connectivity index (χ3v) is 5.84. The lowest BCUT2D eigenvalue weighted by molar-refractivity contribution is 0.0526. The summed E-state index contributed by atoms with van der Waals surface area (Å²) in [6.45, 7) is 1.97. The van der Waals surface area contributed by atoms with Crippen molar-refractivity contribution in [3.8, 4) is 0 Å². The Hall–Kier alpha value is -3.59. The summed E-state index contributed by atoms with van der Waals surface area (Å²) in [6, 6.07) is 12.2. The average Bonchev–Trinajstić information content (AvgIpc) is 3.19.